The molecule has 0 bridgehead atoms. The van der Waals surface area contributed by atoms with E-state index >= 15 is 0 Å². The second kappa shape index (κ2) is 8.70. The smallest absolute Gasteiger partial charge is 0.229 e. The number of hydrogen-bond acceptors (Lipinski definition) is 5. The van der Waals surface area contributed by atoms with Gasteiger partial charge in [-0.1, -0.05) is 30.1 Å². The maximum absolute atomic E-state index is 13.0. The third kappa shape index (κ3) is 4.42. The zero-order valence-electron chi connectivity index (χ0n) is 16.6. The molecule has 0 spiro atoms. The molecule has 3 heterocycles. The van der Waals surface area contributed by atoms with Crippen molar-refractivity contribution in [3.8, 4) is 0 Å². The van der Waals surface area contributed by atoms with E-state index in [0.717, 1.165) is 25.9 Å². The highest BCUT2D eigenvalue weighted by Gasteiger charge is 2.49. The lowest BCUT2D eigenvalue weighted by Gasteiger charge is -2.47. The summed E-state index contributed by atoms with van der Waals surface area (Å²) in [7, 11) is 0. The monoisotopic (exact) mass is 453 g/mol. The van der Waals surface area contributed by atoms with Crippen molar-refractivity contribution >= 4 is 46.6 Å². The molecule has 0 saturated carbocycles. The lowest BCUT2D eigenvalue weighted by Crippen LogP contribution is -2.74. The number of nitrogens with one attached hydrogen (secondary N) is 4. The predicted octanol–water partition coefficient (Wildman–Crippen LogP) is 1.75. The zero-order chi connectivity index (χ0) is 21.4. The van der Waals surface area contributed by atoms with Crippen LogP contribution in [0.3, 0.4) is 0 Å². The second-order valence-corrected chi connectivity index (χ2v) is 9.13. The number of rotatable bonds is 3. The van der Waals surface area contributed by atoms with E-state index in [-0.39, 0.29) is 24.5 Å². The van der Waals surface area contributed by atoms with Gasteiger partial charge < -0.3 is 16.0 Å². The molecular weight excluding hydrogens is 429 g/mol. The Kier molecular flexibility index (Phi) is 6.20. The van der Waals surface area contributed by atoms with E-state index in [9.17, 15) is 14.4 Å². The SMILES string of the molecule is CC1CCCN(C2NC(=O)C3C(NC(=O)CC3C(=O)Nc3ccc(Cl)c(Cl)c3)N2)C1. The molecule has 4 rings (SSSR count). The van der Waals surface area contributed by atoms with Crippen LogP contribution in [-0.2, 0) is 14.4 Å². The molecule has 10 heteroatoms. The summed E-state index contributed by atoms with van der Waals surface area (Å²) in [6.45, 7) is 3.92. The Morgan fingerprint density at radius 3 is 2.73 bits per heavy atom. The van der Waals surface area contributed by atoms with Gasteiger partial charge in [0.05, 0.1) is 28.0 Å². The molecule has 3 aliphatic rings. The first-order valence-electron chi connectivity index (χ1n) is 10.2. The molecule has 162 valence electrons. The number of nitrogens with zero attached hydrogens (tertiary/aromatic N) is 1. The van der Waals surface area contributed by atoms with Crippen molar-refractivity contribution in [2.45, 2.75) is 38.6 Å². The van der Waals surface area contributed by atoms with Crippen LogP contribution in [0.15, 0.2) is 18.2 Å². The number of amides is 3. The molecule has 8 nitrogen and oxygen atoms in total. The van der Waals surface area contributed by atoms with Crippen molar-refractivity contribution in [2.24, 2.45) is 17.8 Å². The highest BCUT2D eigenvalue weighted by atomic mass is 35.5. The summed E-state index contributed by atoms with van der Waals surface area (Å²) in [4.78, 5) is 40.4. The van der Waals surface area contributed by atoms with Crippen molar-refractivity contribution in [1.82, 2.24) is 20.9 Å². The average molecular weight is 454 g/mol. The first kappa shape index (κ1) is 21.4. The maximum atomic E-state index is 13.0. The van der Waals surface area contributed by atoms with Crippen LogP contribution in [0.25, 0.3) is 0 Å². The summed E-state index contributed by atoms with van der Waals surface area (Å²) >= 11 is 11.9. The number of benzene rings is 1. The van der Waals surface area contributed by atoms with E-state index in [1.54, 1.807) is 12.1 Å². The van der Waals surface area contributed by atoms with Crippen LogP contribution in [0.2, 0.25) is 10.0 Å². The van der Waals surface area contributed by atoms with E-state index in [0.29, 0.717) is 21.7 Å². The number of piperidine rings is 2. The lowest BCUT2D eigenvalue weighted by molar-refractivity contribution is -0.148. The van der Waals surface area contributed by atoms with Crippen LogP contribution in [0.4, 0.5) is 5.69 Å². The van der Waals surface area contributed by atoms with E-state index < -0.39 is 23.9 Å². The number of carbonyl (C=O) groups is 3. The largest absolute Gasteiger partial charge is 0.340 e. The topological polar surface area (TPSA) is 103 Å². The molecule has 30 heavy (non-hydrogen) atoms. The van der Waals surface area contributed by atoms with Gasteiger partial charge in [-0.3, -0.25) is 24.6 Å². The van der Waals surface area contributed by atoms with Gasteiger partial charge >= 0.3 is 0 Å². The van der Waals surface area contributed by atoms with E-state index in [1.165, 1.54) is 6.07 Å². The molecule has 0 aromatic heterocycles. The highest BCUT2D eigenvalue weighted by Crippen LogP contribution is 2.30. The normalized spacial score (nSPS) is 32.0. The molecule has 0 aliphatic carbocycles. The summed E-state index contributed by atoms with van der Waals surface area (Å²) in [5.74, 6) is -1.87. The Morgan fingerprint density at radius 2 is 2.00 bits per heavy atom. The molecule has 3 aliphatic heterocycles. The standard InChI is InChI=1S/C20H25Cl2N5O3/c1-10-3-2-6-27(9-10)20-25-17-16(19(30)26-20)12(8-15(28)24-17)18(29)23-11-4-5-13(21)14(22)7-11/h4-5,7,10,12,16-17,20,25H,2-3,6,8-9H2,1H3,(H,23,29)(H,24,28)(H,26,30). The summed E-state index contributed by atoms with van der Waals surface area (Å²) in [5, 5.41) is 12.6. The quantitative estimate of drug-likeness (QED) is 0.558. The summed E-state index contributed by atoms with van der Waals surface area (Å²) in [6.07, 6.45) is 1.20. The fraction of sp³-hybridized carbons (Fsp3) is 0.550. The van der Waals surface area contributed by atoms with Crippen LogP contribution >= 0.6 is 23.2 Å². The van der Waals surface area contributed by atoms with Crippen molar-refractivity contribution in [3.63, 3.8) is 0 Å². The molecule has 5 unspecified atom stereocenters. The van der Waals surface area contributed by atoms with Gasteiger partial charge in [0.25, 0.3) is 0 Å². The first-order valence-corrected chi connectivity index (χ1v) is 10.9. The minimum absolute atomic E-state index is 0.0607. The van der Waals surface area contributed by atoms with E-state index in [4.69, 9.17) is 23.2 Å². The average Bonchev–Trinajstić information content (AvgIpc) is 2.69. The van der Waals surface area contributed by atoms with Crippen LogP contribution < -0.4 is 21.3 Å². The third-order valence-corrected chi connectivity index (χ3v) is 6.75. The van der Waals surface area contributed by atoms with Gasteiger partial charge in [0.1, 0.15) is 6.29 Å². The number of likely N-dealkylation sites (tertiary alicyclic amines) is 1. The summed E-state index contributed by atoms with van der Waals surface area (Å²) in [6, 6.07) is 4.74. The number of anilines is 1. The predicted molar refractivity (Wildman–Crippen MR) is 114 cm³/mol. The summed E-state index contributed by atoms with van der Waals surface area (Å²) in [5.41, 5.74) is 0.460. The lowest BCUT2D eigenvalue weighted by atomic mass is 9.81. The Bertz CT molecular complexity index is 867. The van der Waals surface area contributed by atoms with Crippen LogP contribution in [-0.4, -0.2) is 48.2 Å². The van der Waals surface area contributed by atoms with Gasteiger partial charge in [0, 0.05) is 25.2 Å². The maximum Gasteiger partial charge on any atom is 0.229 e. The Labute approximate surface area is 185 Å². The zero-order valence-corrected chi connectivity index (χ0v) is 18.1. The Morgan fingerprint density at radius 1 is 1.20 bits per heavy atom. The first-order chi connectivity index (χ1) is 14.3. The van der Waals surface area contributed by atoms with Crippen LogP contribution in [0, 0.1) is 17.8 Å². The fourth-order valence-electron chi connectivity index (χ4n) is 4.52. The van der Waals surface area contributed by atoms with Gasteiger partial charge in [0.15, 0.2) is 0 Å². The van der Waals surface area contributed by atoms with E-state index in [1.807, 2.05) is 0 Å². The molecule has 0 radical (unpaired) electrons. The Hall–Kier alpha value is -1.87. The van der Waals surface area contributed by atoms with Crippen LogP contribution in [0.5, 0.6) is 0 Å². The fourth-order valence-corrected chi connectivity index (χ4v) is 4.82. The van der Waals surface area contributed by atoms with Crippen molar-refractivity contribution in [1.29, 1.82) is 0 Å². The molecular formula is C20H25Cl2N5O3. The van der Waals surface area contributed by atoms with Gasteiger partial charge in [-0.2, -0.15) is 0 Å². The second-order valence-electron chi connectivity index (χ2n) is 8.32. The van der Waals surface area contributed by atoms with E-state index in [2.05, 4.69) is 33.1 Å². The third-order valence-electron chi connectivity index (χ3n) is 6.01. The van der Waals surface area contributed by atoms with Crippen molar-refractivity contribution in [2.75, 3.05) is 18.4 Å². The summed E-state index contributed by atoms with van der Waals surface area (Å²) < 4.78 is 0. The van der Waals surface area contributed by atoms with Gasteiger partial charge in [0.2, 0.25) is 17.7 Å². The van der Waals surface area contributed by atoms with Crippen molar-refractivity contribution in [3.05, 3.63) is 28.2 Å². The minimum atomic E-state index is -0.799. The molecule has 4 N–H and O–H groups in total. The van der Waals surface area contributed by atoms with Gasteiger partial charge in [-0.05, 0) is 37.0 Å². The van der Waals surface area contributed by atoms with Gasteiger partial charge in [-0.15, -0.1) is 0 Å². The molecule has 1 aromatic rings. The molecule has 5 atom stereocenters. The van der Waals surface area contributed by atoms with Crippen LogP contribution in [0.1, 0.15) is 26.2 Å². The van der Waals surface area contributed by atoms with Gasteiger partial charge in [-0.25, -0.2) is 0 Å². The number of fused-ring (bicyclic) bond motifs is 1. The van der Waals surface area contributed by atoms with Crippen molar-refractivity contribution < 1.29 is 14.4 Å². The molecule has 3 fully saturated rings. The Balaban J connectivity index is 1.49. The number of halogens is 2. The molecule has 1 aromatic carbocycles. The molecule has 3 amide bonds. The number of hydrogen-bond donors (Lipinski definition) is 4. The minimum Gasteiger partial charge on any atom is -0.340 e. The molecule has 3 saturated heterocycles. The number of carbonyl (C=O) groups excluding carboxylic acids is 3. The highest BCUT2D eigenvalue weighted by molar-refractivity contribution is 6.42.